The molecule has 2 heterocycles. The van der Waals surface area contributed by atoms with Crippen molar-refractivity contribution < 1.29 is 4.52 Å². The summed E-state index contributed by atoms with van der Waals surface area (Å²) in [7, 11) is 0. The summed E-state index contributed by atoms with van der Waals surface area (Å²) < 4.78 is 5.28. The summed E-state index contributed by atoms with van der Waals surface area (Å²) in [4.78, 5) is 19.5. The number of rotatable bonds is 2. The molecule has 0 amide bonds. The zero-order chi connectivity index (χ0) is 15.8. The van der Waals surface area contributed by atoms with E-state index in [1.807, 2.05) is 55.5 Å². The zero-order valence-corrected chi connectivity index (χ0v) is 12.4. The van der Waals surface area contributed by atoms with Crippen LogP contribution >= 0.6 is 0 Å². The molecule has 0 aliphatic carbocycles. The van der Waals surface area contributed by atoms with Gasteiger partial charge in [0.1, 0.15) is 0 Å². The molecule has 4 rings (SSSR count). The van der Waals surface area contributed by atoms with E-state index in [0.29, 0.717) is 11.5 Å². The van der Waals surface area contributed by atoms with E-state index in [2.05, 4.69) is 15.1 Å². The minimum absolute atomic E-state index is 0.233. The number of benzene rings is 2. The van der Waals surface area contributed by atoms with E-state index in [9.17, 15) is 4.79 Å². The molecule has 0 saturated heterocycles. The Morgan fingerprint density at radius 2 is 1.87 bits per heavy atom. The van der Waals surface area contributed by atoms with E-state index in [1.165, 1.54) is 0 Å². The number of pyridine rings is 1. The molecule has 23 heavy (non-hydrogen) atoms. The molecule has 0 saturated carbocycles. The highest BCUT2D eigenvalue weighted by Crippen LogP contribution is 2.22. The number of H-pyrrole nitrogens is 1. The topological polar surface area (TPSA) is 71.8 Å². The highest BCUT2D eigenvalue weighted by atomic mass is 16.5. The van der Waals surface area contributed by atoms with Gasteiger partial charge in [-0.2, -0.15) is 4.98 Å². The predicted molar refractivity (Wildman–Crippen MR) is 88.0 cm³/mol. The quantitative estimate of drug-likeness (QED) is 0.614. The first-order valence-corrected chi connectivity index (χ1v) is 7.24. The fraction of sp³-hybridized carbons (Fsp3) is 0.0556. The molecule has 2 aromatic carbocycles. The molecular formula is C18H13N3O2. The van der Waals surface area contributed by atoms with Gasteiger partial charge in [0.05, 0.1) is 5.56 Å². The number of nitrogens with zero attached hydrogens (tertiary/aromatic N) is 2. The summed E-state index contributed by atoms with van der Waals surface area (Å²) in [6, 6.07) is 17.1. The minimum atomic E-state index is -0.233. The molecule has 0 spiro atoms. The first kappa shape index (κ1) is 13.5. The van der Waals surface area contributed by atoms with E-state index in [0.717, 1.165) is 22.0 Å². The van der Waals surface area contributed by atoms with Gasteiger partial charge in [-0.25, -0.2) is 0 Å². The van der Waals surface area contributed by atoms with Gasteiger partial charge in [0.15, 0.2) is 0 Å². The van der Waals surface area contributed by atoms with Gasteiger partial charge in [-0.1, -0.05) is 35.5 Å². The third-order valence-corrected chi connectivity index (χ3v) is 3.69. The van der Waals surface area contributed by atoms with Gasteiger partial charge in [-0.15, -0.1) is 0 Å². The van der Waals surface area contributed by atoms with Crippen molar-refractivity contribution in [2.24, 2.45) is 0 Å². The van der Waals surface area contributed by atoms with E-state index in [4.69, 9.17) is 4.52 Å². The molecule has 0 aliphatic heterocycles. The molecule has 1 N–H and O–H groups in total. The van der Waals surface area contributed by atoms with Gasteiger partial charge in [0, 0.05) is 11.1 Å². The lowest BCUT2D eigenvalue weighted by Gasteiger charge is -2.01. The molecule has 5 heteroatoms. The van der Waals surface area contributed by atoms with Crippen molar-refractivity contribution in [3.05, 3.63) is 70.5 Å². The smallest absolute Gasteiger partial charge is 0.259 e. The summed E-state index contributed by atoms with van der Waals surface area (Å²) in [5, 5.41) is 4.87. The monoisotopic (exact) mass is 303 g/mol. The predicted octanol–water partition coefficient (Wildman–Crippen LogP) is 3.55. The Labute approximate surface area is 131 Å². The normalized spacial score (nSPS) is 11.0. The molecule has 0 fully saturated rings. The Balaban J connectivity index is 1.83. The van der Waals surface area contributed by atoms with Gasteiger partial charge in [-0.05, 0) is 42.1 Å². The molecule has 112 valence electrons. The van der Waals surface area contributed by atoms with Gasteiger partial charge in [-0.3, -0.25) is 4.79 Å². The van der Waals surface area contributed by atoms with Gasteiger partial charge in [0.2, 0.25) is 5.82 Å². The van der Waals surface area contributed by atoms with Crippen LogP contribution in [-0.2, 0) is 0 Å². The van der Waals surface area contributed by atoms with Gasteiger partial charge < -0.3 is 9.51 Å². The van der Waals surface area contributed by atoms with E-state index in [-0.39, 0.29) is 11.4 Å². The van der Waals surface area contributed by atoms with Crippen molar-refractivity contribution in [1.29, 1.82) is 0 Å². The van der Waals surface area contributed by atoms with Crippen molar-refractivity contribution in [3.63, 3.8) is 0 Å². The summed E-state index contributed by atoms with van der Waals surface area (Å²) in [6.45, 7) is 1.98. The molecule has 0 unspecified atom stereocenters. The Morgan fingerprint density at radius 1 is 1.04 bits per heavy atom. The fourth-order valence-corrected chi connectivity index (χ4v) is 2.51. The maximum absolute atomic E-state index is 12.3. The van der Waals surface area contributed by atoms with Gasteiger partial charge >= 0.3 is 0 Å². The lowest BCUT2D eigenvalue weighted by molar-refractivity contribution is 0.432. The average molecular weight is 303 g/mol. The van der Waals surface area contributed by atoms with Crippen molar-refractivity contribution in [3.8, 4) is 22.8 Å². The van der Waals surface area contributed by atoms with Crippen LogP contribution in [0.3, 0.4) is 0 Å². The number of fused-ring (bicyclic) bond motifs is 1. The number of aromatic nitrogens is 3. The largest absolute Gasteiger partial charge is 0.334 e. The van der Waals surface area contributed by atoms with E-state index < -0.39 is 0 Å². The third-order valence-electron chi connectivity index (χ3n) is 3.69. The van der Waals surface area contributed by atoms with Crippen LogP contribution in [0.1, 0.15) is 5.56 Å². The summed E-state index contributed by atoms with van der Waals surface area (Å²) in [5.41, 5.74) is 2.87. The Kier molecular flexibility index (Phi) is 3.05. The van der Waals surface area contributed by atoms with Gasteiger partial charge in [0.25, 0.3) is 11.4 Å². The van der Waals surface area contributed by atoms with Crippen LogP contribution in [0.5, 0.6) is 0 Å². The second-order valence-corrected chi connectivity index (χ2v) is 5.39. The maximum Gasteiger partial charge on any atom is 0.259 e. The van der Waals surface area contributed by atoms with Crippen LogP contribution in [-0.4, -0.2) is 15.1 Å². The molecule has 0 bridgehead atoms. The number of hydrogen-bond acceptors (Lipinski definition) is 4. The lowest BCUT2D eigenvalue weighted by Crippen LogP contribution is -2.09. The minimum Gasteiger partial charge on any atom is -0.334 e. The van der Waals surface area contributed by atoms with E-state index in [1.54, 1.807) is 6.07 Å². The fourth-order valence-electron chi connectivity index (χ4n) is 2.51. The highest BCUT2D eigenvalue weighted by molar-refractivity contribution is 5.83. The average Bonchev–Trinajstić information content (AvgIpc) is 3.05. The zero-order valence-electron chi connectivity index (χ0n) is 12.4. The van der Waals surface area contributed by atoms with Crippen LogP contribution in [0.25, 0.3) is 33.7 Å². The number of aromatic amines is 1. The standard InChI is InChI=1S/C18H13N3O2/c1-11-7-8-13-10-14(17(22)19-15(13)9-11)16-20-18(23-21-16)12-5-3-2-4-6-12/h2-10H,1H3,(H,19,22). The molecular weight excluding hydrogens is 290 g/mol. The molecule has 0 atom stereocenters. The number of hydrogen-bond donors (Lipinski definition) is 1. The molecule has 0 radical (unpaired) electrons. The van der Waals surface area contributed by atoms with Crippen molar-refractivity contribution in [2.75, 3.05) is 0 Å². The highest BCUT2D eigenvalue weighted by Gasteiger charge is 2.14. The summed E-state index contributed by atoms with van der Waals surface area (Å²) in [6.07, 6.45) is 0. The van der Waals surface area contributed by atoms with Crippen LogP contribution in [0.2, 0.25) is 0 Å². The first-order valence-electron chi connectivity index (χ1n) is 7.24. The second kappa shape index (κ2) is 5.21. The van der Waals surface area contributed by atoms with Crippen LogP contribution < -0.4 is 5.56 Å². The van der Waals surface area contributed by atoms with Crippen molar-refractivity contribution in [1.82, 2.24) is 15.1 Å². The second-order valence-electron chi connectivity index (χ2n) is 5.39. The number of nitrogens with one attached hydrogen (secondary N) is 1. The number of aryl methyl sites for hydroxylation is 1. The first-order chi connectivity index (χ1) is 11.2. The van der Waals surface area contributed by atoms with Crippen molar-refractivity contribution in [2.45, 2.75) is 6.92 Å². The van der Waals surface area contributed by atoms with Crippen LogP contribution in [0, 0.1) is 6.92 Å². The van der Waals surface area contributed by atoms with E-state index >= 15 is 0 Å². The molecule has 4 aromatic rings. The third kappa shape index (κ3) is 2.42. The maximum atomic E-state index is 12.3. The lowest BCUT2D eigenvalue weighted by atomic mass is 10.1. The Hall–Kier alpha value is -3.21. The van der Waals surface area contributed by atoms with Crippen LogP contribution in [0.4, 0.5) is 0 Å². The summed E-state index contributed by atoms with van der Waals surface area (Å²) >= 11 is 0. The Bertz CT molecular complexity index is 1050. The molecule has 0 aliphatic rings. The Morgan fingerprint density at radius 3 is 2.70 bits per heavy atom. The molecule has 2 aromatic heterocycles. The SMILES string of the molecule is Cc1ccc2cc(-c3noc(-c4ccccc4)n3)c(=O)[nH]c2c1. The summed E-state index contributed by atoms with van der Waals surface area (Å²) in [5.74, 6) is 0.677. The molecule has 5 nitrogen and oxygen atoms in total. The van der Waals surface area contributed by atoms with Crippen LogP contribution in [0.15, 0.2) is 63.9 Å². The van der Waals surface area contributed by atoms with Crippen molar-refractivity contribution >= 4 is 10.9 Å².